The number of carbonyl (C=O) groups is 1. The molecule has 112 valence electrons. The Kier molecular flexibility index (Phi) is 4.22. The third kappa shape index (κ3) is 3.36. The average molecular weight is 320 g/mol. The van der Waals surface area contributed by atoms with Gasteiger partial charge in [-0.25, -0.2) is 4.79 Å². The topological polar surface area (TPSA) is 48.4 Å². The van der Waals surface area contributed by atoms with E-state index < -0.39 is 18.1 Å². The summed E-state index contributed by atoms with van der Waals surface area (Å²) < 4.78 is 45.6. The Hall–Kier alpha value is -2.02. The van der Waals surface area contributed by atoms with Crippen LogP contribution in [0.3, 0.4) is 0 Å². The Bertz CT molecular complexity index is 688. The number of carbonyl (C=O) groups excluding carboxylic acids is 1. The number of rotatable bonds is 3. The summed E-state index contributed by atoms with van der Waals surface area (Å²) in [6.45, 7) is 1.76. The molecule has 0 spiro atoms. The van der Waals surface area contributed by atoms with E-state index in [0.29, 0.717) is 0 Å². The third-order valence-electron chi connectivity index (χ3n) is 2.52. The summed E-state index contributed by atoms with van der Waals surface area (Å²) in [5, 5.41) is 0.134. The number of halogens is 4. The van der Waals surface area contributed by atoms with Gasteiger partial charge in [0.2, 0.25) is 0 Å². The molecule has 0 atom stereocenters. The maximum Gasteiger partial charge on any atom is 0.573 e. The molecular formula is C13H9ClF3NO3. The van der Waals surface area contributed by atoms with E-state index in [1.54, 1.807) is 6.92 Å². The van der Waals surface area contributed by atoms with E-state index >= 15 is 0 Å². The van der Waals surface area contributed by atoms with Gasteiger partial charge in [-0.05, 0) is 13.0 Å². The summed E-state index contributed by atoms with van der Waals surface area (Å²) in [6, 6.07) is 3.88. The normalized spacial score (nSPS) is 11.5. The number of nitrogens with zero attached hydrogens (tertiary/aromatic N) is 1. The number of aromatic nitrogens is 1. The number of para-hydroxylation sites is 1. The van der Waals surface area contributed by atoms with Crippen molar-refractivity contribution >= 4 is 28.5 Å². The second kappa shape index (κ2) is 5.77. The van der Waals surface area contributed by atoms with Gasteiger partial charge in [0.05, 0.1) is 17.2 Å². The summed E-state index contributed by atoms with van der Waals surface area (Å²) in [4.78, 5) is 15.5. The highest BCUT2D eigenvalue weighted by Crippen LogP contribution is 2.34. The smallest absolute Gasteiger partial charge is 0.462 e. The average Bonchev–Trinajstić information content (AvgIpc) is 2.38. The zero-order chi connectivity index (χ0) is 15.6. The molecule has 0 aliphatic rings. The van der Waals surface area contributed by atoms with Crippen LogP contribution in [-0.2, 0) is 4.74 Å². The van der Waals surface area contributed by atoms with Gasteiger partial charge in [0.15, 0.2) is 5.75 Å². The van der Waals surface area contributed by atoms with Crippen LogP contribution in [0, 0.1) is 0 Å². The van der Waals surface area contributed by atoms with E-state index in [2.05, 4.69) is 9.72 Å². The van der Waals surface area contributed by atoms with Crippen molar-refractivity contribution in [3.05, 3.63) is 35.0 Å². The second-order valence-corrected chi connectivity index (χ2v) is 4.28. The highest BCUT2D eigenvalue weighted by atomic mass is 35.5. The van der Waals surface area contributed by atoms with Crippen LogP contribution >= 0.6 is 11.6 Å². The van der Waals surface area contributed by atoms with Gasteiger partial charge in [-0.1, -0.05) is 23.7 Å². The van der Waals surface area contributed by atoms with Crippen molar-refractivity contribution in [2.24, 2.45) is 0 Å². The highest BCUT2D eigenvalue weighted by molar-refractivity contribution is 6.38. The Morgan fingerprint density at radius 2 is 2.10 bits per heavy atom. The number of ether oxygens (including phenoxy) is 2. The first kappa shape index (κ1) is 15.4. The minimum absolute atomic E-state index is 0.0184. The number of hydrogen-bond donors (Lipinski definition) is 0. The highest BCUT2D eigenvalue weighted by Gasteiger charge is 2.32. The van der Waals surface area contributed by atoms with Crippen molar-refractivity contribution in [2.45, 2.75) is 13.3 Å². The van der Waals surface area contributed by atoms with Gasteiger partial charge in [-0.15, -0.1) is 13.2 Å². The summed E-state index contributed by atoms with van der Waals surface area (Å²) in [5.41, 5.74) is -0.108. The maximum absolute atomic E-state index is 12.3. The first-order chi connectivity index (χ1) is 9.83. The SMILES string of the molecule is CCOC(=O)c1cnc2c(OC(F)(F)F)cccc2c1Cl. The van der Waals surface area contributed by atoms with Crippen molar-refractivity contribution < 1.29 is 27.4 Å². The molecule has 0 unspecified atom stereocenters. The minimum atomic E-state index is -4.84. The molecule has 0 radical (unpaired) electrons. The summed E-state index contributed by atoms with van der Waals surface area (Å²) in [7, 11) is 0. The lowest BCUT2D eigenvalue weighted by molar-refractivity contribution is -0.274. The molecule has 0 saturated heterocycles. The van der Waals surface area contributed by atoms with Crippen LogP contribution in [0.25, 0.3) is 10.9 Å². The van der Waals surface area contributed by atoms with E-state index in [-0.39, 0.29) is 28.1 Å². The van der Waals surface area contributed by atoms with Gasteiger partial charge >= 0.3 is 12.3 Å². The third-order valence-corrected chi connectivity index (χ3v) is 2.92. The largest absolute Gasteiger partial charge is 0.573 e. The molecule has 2 rings (SSSR count). The molecule has 8 heteroatoms. The van der Waals surface area contributed by atoms with Crippen LogP contribution in [-0.4, -0.2) is 23.9 Å². The molecule has 1 aromatic heterocycles. The zero-order valence-corrected chi connectivity index (χ0v) is 11.5. The first-order valence-electron chi connectivity index (χ1n) is 5.83. The van der Waals surface area contributed by atoms with Crippen LogP contribution in [0.4, 0.5) is 13.2 Å². The predicted molar refractivity (Wildman–Crippen MR) is 69.4 cm³/mol. The summed E-state index contributed by atoms with van der Waals surface area (Å²) in [6.07, 6.45) is -3.78. The Balaban J connectivity index is 2.55. The van der Waals surface area contributed by atoms with Crippen LogP contribution in [0.2, 0.25) is 5.02 Å². The quantitative estimate of drug-likeness (QED) is 0.803. The van der Waals surface area contributed by atoms with Gasteiger partial charge in [0.25, 0.3) is 0 Å². The van der Waals surface area contributed by atoms with Gasteiger partial charge in [-0.2, -0.15) is 0 Å². The number of pyridine rings is 1. The van der Waals surface area contributed by atoms with Crippen LogP contribution in [0.1, 0.15) is 17.3 Å². The lowest BCUT2D eigenvalue weighted by Crippen LogP contribution is -2.17. The molecule has 4 nitrogen and oxygen atoms in total. The van der Waals surface area contributed by atoms with E-state index in [1.807, 2.05) is 0 Å². The van der Waals surface area contributed by atoms with Gasteiger partial charge in [0.1, 0.15) is 5.52 Å². The molecule has 2 aromatic rings. The summed E-state index contributed by atoms with van der Waals surface area (Å²) in [5.74, 6) is -1.18. The lowest BCUT2D eigenvalue weighted by atomic mass is 10.1. The number of fused-ring (bicyclic) bond motifs is 1. The van der Waals surface area contributed by atoms with Gasteiger partial charge < -0.3 is 9.47 Å². The second-order valence-electron chi connectivity index (χ2n) is 3.91. The van der Waals surface area contributed by atoms with Crippen molar-refractivity contribution in [3.63, 3.8) is 0 Å². The van der Waals surface area contributed by atoms with Crippen molar-refractivity contribution in [1.82, 2.24) is 4.98 Å². The van der Waals surface area contributed by atoms with Crippen LogP contribution in [0.5, 0.6) is 5.75 Å². The van der Waals surface area contributed by atoms with Crippen molar-refractivity contribution in [3.8, 4) is 5.75 Å². The van der Waals surface area contributed by atoms with Gasteiger partial charge in [0, 0.05) is 11.6 Å². The first-order valence-corrected chi connectivity index (χ1v) is 6.21. The number of benzene rings is 1. The van der Waals surface area contributed by atoms with Gasteiger partial charge in [-0.3, -0.25) is 4.98 Å². The maximum atomic E-state index is 12.3. The molecule has 0 aliphatic heterocycles. The monoisotopic (exact) mass is 319 g/mol. The van der Waals surface area contributed by atoms with Crippen molar-refractivity contribution in [1.29, 1.82) is 0 Å². The van der Waals surface area contributed by atoms with Crippen LogP contribution in [0.15, 0.2) is 24.4 Å². The molecule has 0 amide bonds. The Labute approximate surface area is 122 Å². The fraction of sp³-hybridized carbons (Fsp3) is 0.231. The molecule has 0 fully saturated rings. The van der Waals surface area contributed by atoms with E-state index in [1.165, 1.54) is 12.1 Å². The molecule has 1 heterocycles. The lowest BCUT2D eigenvalue weighted by Gasteiger charge is -2.12. The predicted octanol–water partition coefficient (Wildman–Crippen LogP) is 3.96. The fourth-order valence-electron chi connectivity index (χ4n) is 1.72. The molecule has 0 aliphatic carbocycles. The zero-order valence-electron chi connectivity index (χ0n) is 10.7. The van der Waals surface area contributed by atoms with E-state index in [9.17, 15) is 18.0 Å². The number of hydrogen-bond acceptors (Lipinski definition) is 4. The Morgan fingerprint density at radius 3 is 2.71 bits per heavy atom. The van der Waals surface area contributed by atoms with Crippen molar-refractivity contribution in [2.75, 3.05) is 6.61 Å². The molecule has 1 aromatic carbocycles. The molecule has 21 heavy (non-hydrogen) atoms. The van der Waals surface area contributed by atoms with E-state index in [4.69, 9.17) is 16.3 Å². The molecule has 0 bridgehead atoms. The standard InChI is InChI=1S/C13H9ClF3NO3/c1-2-20-12(19)8-6-18-11-7(10(8)14)4-3-5-9(11)21-13(15,16)17/h3-6H,2H2,1H3. The fourth-order valence-corrected chi connectivity index (χ4v) is 2.00. The Morgan fingerprint density at radius 1 is 1.38 bits per heavy atom. The molecule has 0 N–H and O–H groups in total. The van der Waals surface area contributed by atoms with Crippen LogP contribution < -0.4 is 4.74 Å². The van der Waals surface area contributed by atoms with E-state index in [0.717, 1.165) is 12.3 Å². The minimum Gasteiger partial charge on any atom is -0.462 e. The number of esters is 1. The molecule has 0 saturated carbocycles. The molecular weight excluding hydrogens is 311 g/mol. The number of alkyl halides is 3. The summed E-state index contributed by atoms with van der Waals surface area (Å²) >= 11 is 6.04.